The maximum Gasteiger partial charge on any atom is 0.254 e. The van der Waals surface area contributed by atoms with E-state index in [-0.39, 0.29) is 23.9 Å². The van der Waals surface area contributed by atoms with Crippen LogP contribution in [0, 0.1) is 12.8 Å². The van der Waals surface area contributed by atoms with Crippen LogP contribution in [0.1, 0.15) is 49.0 Å². The summed E-state index contributed by atoms with van der Waals surface area (Å²) < 4.78 is 11.6. The topological polar surface area (TPSA) is 67.9 Å². The van der Waals surface area contributed by atoms with Crippen LogP contribution >= 0.6 is 0 Å². The third kappa shape index (κ3) is 3.80. The Labute approximate surface area is 166 Å². The predicted molar refractivity (Wildman–Crippen MR) is 105 cm³/mol. The van der Waals surface area contributed by atoms with Crippen molar-refractivity contribution >= 4 is 11.8 Å². The van der Waals surface area contributed by atoms with Gasteiger partial charge in [-0.3, -0.25) is 9.59 Å². The summed E-state index contributed by atoms with van der Waals surface area (Å²) in [5.74, 6) is 0.372. The standard InChI is InChI=1S/C22H30N2O4/c1-14-5-4-6-16(9-14)20(25)23-11-18-15-7-8-17(10-15)24(18)21(26)19-12-27-13-22(2,3)28-19/h4-6,9,15,17-19H,7-8,10-13H2,1-3H3,(H,23,25)/t15-,17+,18+,19?/m0/s1. The van der Waals surface area contributed by atoms with E-state index in [1.807, 2.05) is 49.9 Å². The van der Waals surface area contributed by atoms with Gasteiger partial charge in [0.15, 0.2) is 6.10 Å². The van der Waals surface area contributed by atoms with Crippen molar-refractivity contribution in [2.24, 2.45) is 5.92 Å². The van der Waals surface area contributed by atoms with E-state index in [1.54, 1.807) is 0 Å². The number of carbonyl (C=O) groups excluding carboxylic acids is 2. The van der Waals surface area contributed by atoms with Crippen LogP contribution in [-0.2, 0) is 14.3 Å². The number of likely N-dealkylation sites (tertiary alicyclic amines) is 1. The molecule has 2 aliphatic heterocycles. The van der Waals surface area contributed by atoms with Crippen molar-refractivity contribution in [1.29, 1.82) is 0 Å². The van der Waals surface area contributed by atoms with E-state index in [2.05, 4.69) is 5.32 Å². The highest BCUT2D eigenvalue weighted by molar-refractivity contribution is 5.94. The number of aryl methyl sites for hydroxylation is 1. The first-order valence-electron chi connectivity index (χ1n) is 10.3. The molecule has 6 nitrogen and oxygen atoms in total. The Morgan fingerprint density at radius 2 is 2.11 bits per heavy atom. The first kappa shape index (κ1) is 19.4. The lowest BCUT2D eigenvalue weighted by Gasteiger charge is -2.41. The minimum absolute atomic E-state index is 0.00906. The molecule has 1 aromatic rings. The second kappa shape index (κ2) is 7.48. The van der Waals surface area contributed by atoms with E-state index < -0.39 is 11.7 Å². The monoisotopic (exact) mass is 386 g/mol. The largest absolute Gasteiger partial charge is 0.375 e. The molecule has 1 aromatic carbocycles. The number of benzene rings is 1. The van der Waals surface area contributed by atoms with Crippen LogP contribution < -0.4 is 5.32 Å². The molecule has 1 saturated carbocycles. The van der Waals surface area contributed by atoms with Crippen molar-refractivity contribution in [3.8, 4) is 0 Å². The van der Waals surface area contributed by atoms with Crippen molar-refractivity contribution < 1.29 is 19.1 Å². The Balaban J connectivity index is 1.43. The Bertz CT molecular complexity index is 763. The normalized spacial score (nSPS) is 31.0. The molecule has 3 aliphatic rings. The molecule has 1 aliphatic carbocycles. The van der Waals surface area contributed by atoms with E-state index in [0.717, 1.165) is 24.8 Å². The average molecular weight is 386 g/mol. The van der Waals surface area contributed by atoms with E-state index in [1.165, 1.54) is 0 Å². The van der Waals surface area contributed by atoms with Gasteiger partial charge in [0, 0.05) is 18.2 Å². The van der Waals surface area contributed by atoms with Gasteiger partial charge in [0.25, 0.3) is 11.8 Å². The number of nitrogens with zero attached hydrogens (tertiary/aromatic N) is 1. The summed E-state index contributed by atoms with van der Waals surface area (Å²) in [5.41, 5.74) is 1.26. The van der Waals surface area contributed by atoms with E-state index in [9.17, 15) is 9.59 Å². The summed E-state index contributed by atoms with van der Waals surface area (Å²) >= 11 is 0. The highest BCUT2D eigenvalue weighted by Gasteiger charge is 2.50. The van der Waals surface area contributed by atoms with Crippen molar-refractivity contribution in [2.75, 3.05) is 19.8 Å². The van der Waals surface area contributed by atoms with Gasteiger partial charge >= 0.3 is 0 Å². The molecule has 4 rings (SSSR count). The van der Waals surface area contributed by atoms with E-state index in [4.69, 9.17) is 9.47 Å². The Morgan fingerprint density at radius 3 is 2.86 bits per heavy atom. The molecule has 6 heteroatoms. The number of rotatable bonds is 4. The molecule has 0 aromatic heterocycles. The number of hydrogen-bond donors (Lipinski definition) is 1. The number of hydrogen-bond acceptors (Lipinski definition) is 4. The number of amides is 2. The van der Waals surface area contributed by atoms with Crippen LogP contribution in [0.25, 0.3) is 0 Å². The lowest BCUT2D eigenvalue weighted by molar-refractivity contribution is -0.198. The molecule has 1 N–H and O–H groups in total. The number of fused-ring (bicyclic) bond motifs is 2. The van der Waals surface area contributed by atoms with Gasteiger partial charge in [-0.2, -0.15) is 0 Å². The average Bonchev–Trinajstić information content (AvgIpc) is 3.26. The molecule has 0 spiro atoms. The van der Waals surface area contributed by atoms with E-state index in [0.29, 0.717) is 31.2 Å². The molecule has 3 fully saturated rings. The van der Waals surface area contributed by atoms with Gasteiger partial charge in [-0.25, -0.2) is 0 Å². The summed E-state index contributed by atoms with van der Waals surface area (Å²) in [7, 11) is 0. The smallest absolute Gasteiger partial charge is 0.254 e. The molecule has 2 heterocycles. The third-order valence-electron chi connectivity index (χ3n) is 6.20. The van der Waals surface area contributed by atoms with Crippen LogP contribution in [0.5, 0.6) is 0 Å². The van der Waals surface area contributed by atoms with Gasteiger partial charge < -0.3 is 19.7 Å². The quantitative estimate of drug-likeness (QED) is 0.862. The number of carbonyl (C=O) groups is 2. The molecular formula is C22H30N2O4. The molecule has 2 saturated heterocycles. The molecule has 1 unspecified atom stereocenters. The lowest BCUT2D eigenvalue weighted by Crippen LogP contribution is -2.57. The van der Waals surface area contributed by atoms with Gasteiger partial charge in [0.2, 0.25) is 0 Å². The second-order valence-corrected chi connectivity index (χ2v) is 9.00. The van der Waals surface area contributed by atoms with Crippen molar-refractivity contribution in [2.45, 2.75) is 63.8 Å². The zero-order valence-electron chi connectivity index (χ0n) is 16.9. The predicted octanol–water partition coefficient (Wildman–Crippen LogP) is 2.30. The fraction of sp³-hybridized carbons (Fsp3) is 0.636. The summed E-state index contributed by atoms with van der Waals surface area (Å²) in [4.78, 5) is 27.8. The Hall–Kier alpha value is -1.92. The van der Waals surface area contributed by atoms with Crippen LogP contribution in [0.15, 0.2) is 24.3 Å². The number of nitrogens with one attached hydrogen (secondary N) is 1. The SMILES string of the molecule is Cc1cccc(C(=O)NC[C@@H]2[C@H]3CC[C@H](C3)N2C(=O)C2COCC(C)(C)O2)c1. The van der Waals surface area contributed by atoms with Crippen LogP contribution in [-0.4, -0.2) is 60.3 Å². The summed E-state index contributed by atoms with van der Waals surface area (Å²) in [6.07, 6.45) is 2.62. The first-order valence-corrected chi connectivity index (χ1v) is 10.3. The first-order chi connectivity index (χ1) is 13.3. The maximum atomic E-state index is 13.3. The zero-order valence-corrected chi connectivity index (χ0v) is 16.9. The van der Waals surface area contributed by atoms with Crippen LogP contribution in [0.3, 0.4) is 0 Å². The van der Waals surface area contributed by atoms with Gasteiger partial charge in [-0.05, 0) is 58.1 Å². The third-order valence-corrected chi connectivity index (χ3v) is 6.20. The number of piperidine rings is 1. The summed E-state index contributed by atoms with van der Waals surface area (Å²) in [5, 5.41) is 3.05. The number of ether oxygens (including phenoxy) is 2. The van der Waals surface area contributed by atoms with Crippen LogP contribution in [0.2, 0.25) is 0 Å². The molecule has 152 valence electrons. The minimum Gasteiger partial charge on any atom is -0.375 e. The fourth-order valence-corrected chi connectivity index (χ4v) is 4.94. The molecular weight excluding hydrogens is 356 g/mol. The van der Waals surface area contributed by atoms with E-state index >= 15 is 0 Å². The second-order valence-electron chi connectivity index (χ2n) is 9.00. The van der Waals surface area contributed by atoms with Gasteiger partial charge in [0.1, 0.15) is 0 Å². The van der Waals surface area contributed by atoms with Crippen LogP contribution in [0.4, 0.5) is 0 Å². The van der Waals surface area contributed by atoms with Crippen molar-refractivity contribution in [3.05, 3.63) is 35.4 Å². The zero-order chi connectivity index (χ0) is 19.9. The Kier molecular flexibility index (Phi) is 5.19. The fourth-order valence-electron chi connectivity index (χ4n) is 4.94. The highest BCUT2D eigenvalue weighted by atomic mass is 16.6. The van der Waals surface area contributed by atoms with Crippen molar-refractivity contribution in [3.63, 3.8) is 0 Å². The molecule has 4 atom stereocenters. The highest BCUT2D eigenvalue weighted by Crippen LogP contribution is 2.43. The maximum absolute atomic E-state index is 13.3. The molecule has 0 radical (unpaired) electrons. The molecule has 2 amide bonds. The Morgan fingerprint density at radius 1 is 1.29 bits per heavy atom. The molecule has 2 bridgehead atoms. The van der Waals surface area contributed by atoms with Gasteiger partial charge in [-0.1, -0.05) is 17.7 Å². The van der Waals surface area contributed by atoms with Gasteiger partial charge in [0.05, 0.1) is 24.9 Å². The summed E-state index contributed by atoms with van der Waals surface area (Å²) in [6.45, 7) is 7.15. The minimum atomic E-state index is -0.557. The van der Waals surface area contributed by atoms with Gasteiger partial charge in [-0.15, -0.1) is 0 Å². The van der Waals surface area contributed by atoms with Crippen molar-refractivity contribution in [1.82, 2.24) is 10.2 Å². The lowest BCUT2D eigenvalue weighted by atomic mass is 9.97. The summed E-state index contributed by atoms with van der Waals surface area (Å²) in [6, 6.07) is 7.86. The molecule has 28 heavy (non-hydrogen) atoms.